The number of phenols is 1. The number of methoxy groups -OCH3 is 1. The minimum Gasteiger partial charge on any atom is -0.507 e. The van der Waals surface area contributed by atoms with Gasteiger partial charge in [0.2, 0.25) is 0 Å². The molecule has 2 heterocycles. The third-order valence-electron chi connectivity index (χ3n) is 4.86. The van der Waals surface area contributed by atoms with E-state index in [1.807, 2.05) is 45.0 Å². The van der Waals surface area contributed by atoms with E-state index >= 15 is 0 Å². The van der Waals surface area contributed by atoms with Crippen molar-refractivity contribution in [1.29, 1.82) is 0 Å². The first-order chi connectivity index (χ1) is 13.8. The Bertz CT molecular complexity index is 836. The fourth-order valence-corrected chi connectivity index (χ4v) is 3.63. The van der Waals surface area contributed by atoms with Gasteiger partial charge in [-0.05, 0) is 57.0 Å². The quantitative estimate of drug-likeness (QED) is 0.801. The number of ether oxygens (including phenoxy) is 2. The molecule has 0 radical (unpaired) electrons. The van der Waals surface area contributed by atoms with Crippen molar-refractivity contribution in [2.24, 2.45) is 0 Å². The number of amides is 1. The molecule has 1 aliphatic heterocycles. The molecule has 0 bridgehead atoms. The van der Waals surface area contributed by atoms with Gasteiger partial charge in [-0.25, -0.2) is 4.79 Å². The van der Waals surface area contributed by atoms with Crippen LogP contribution in [0.3, 0.4) is 0 Å². The Labute approximate surface area is 171 Å². The predicted octanol–water partition coefficient (Wildman–Crippen LogP) is 3.48. The van der Waals surface area contributed by atoms with Gasteiger partial charge in [-0.15, -0.1) is 0 Å². The van der Waals surface area contributed by atoms with Crippen molar-refractivity contribution in [2.75, 3.05) is 20.2 Å². The molecule has 1 aromatic heterocycles. The maximum atomic E-state index is 12.1. The SMILES string of the molecule is COc1ccc(C(c2ccncc2)N2CC[C@@H](NC(=O)OC(C)(C)C)C2)c(O)c1. The molecule has 2 N–H and O–H groups in total. The molecule has 0 aliphatic carbocycles. The summed E-state index contributed by atoms with van der Waals surface area (Å²) in [5.74, 6) is 0.778. The van der Waals surface area contributed by atoms with E-state index in [0.717, 1.165) is 24.1 Å². The lowest BCUT2D eigenvalue weighted by Gasteiger charge is -2.29. The molecule has 2 atom stereocenters. The lowest BCUT2D eigenvalue weighted by atomic mass is 9.97. The van der Waals surface area contributed by atoms with Gasteiger partial charge in [0.25, 0.3) is 0 Å². The first kappa shape index (κ1) is 20.9. The second-order valence-electron chi connectivity index (χ2n) is 8.23. The third-order valence-corrected chi connectivity index (χ3v) is 4.86. The smallest absolute Gasteiger partial charge is 0.407 e. The van der Waals surface area contributed by atoms with E-state index in [2.05, 4.69) is 15.2 Å². The van der Waals surface area contributed by atoms with Gasteiger partial charge in [0.05, 0.1) is 13.2 Å². The van der Waals surface area contributed by atoms with Gasteiger partial charge in [-0.1, -0.05) is 0 Å². The number of nitrogens with one attached hydrogen (secondary N) is 1. The molecule has 7 heteroatoms. The molecule has 7 nitrogen and oxygen atoms in total. The third kappa shape index (κ3) is 5.38. The van der Waals surface area contributed by atoms with Crippen molar-refractivity contribution in [3.63, 3.8) is 0 Å². The van der Waals surface area contributed by atoms with E-state index < -0.39 is 11.7 Å². The Kier molecular flexibility index (Phi) is 6.27. The highest BCUT2D eigenvalue weighted by atomic mass is 16.6. The Balaban J connectivity index is 1.81. The summed E-state index contributed by atoms with van der Waals surface area (Å²) in [5, 5.41) is 13.6. The Morgan fingerprint density at radius 2 is 2.00 bits per heavy atom. The Morgan fingerprint density at radius 1 is 1.28 bits per heavy atom. The van der Waals surface area contributed by atoms with Crippen LogP contribution in [0.1, 0.15) is 44.4 Å². The van der Waals surface area contributed by atoms with E-state index in [9.17, 15) is 9.90 Å². The standard InChI is InChI=1S/C22H29N3O4/c1-22(2,3)29-21(27)24-16-9-12-25(14-16)20(15-7-10-23-11-8-15)18-6-5-17(28-4)13-19(18)26/h5-8,10-11,13,16,20,26H,9,12,14H2,1-4H3,(H,24,27)/t16-,20?/m1/s1. The number of alkyl carbamates (subject to hydrolysis) is 1. The number of nitrogens with zero attached hydrogens (tertiary/aromatic N) is 2. The fourth-order valence-electron chi connectivity index (χ4n) is 3.63. The average Bonchev–Trinajstić information content (AvgIpc) is 3.10. The van der Waals surface area contributed by atoms with Crippen LogP contribution >= 0.6 is 0 Å². The molecule has 1 saturated heterocycles. The van der Waals surface area contributed by atoms with Crippen LogP contribution in [0, 0.1) is 0 Å². The maximum Gasteiger partial charge on any atom is 0.407 e. The summed E-state index contributed by atoms with van der Waals surface area (Å²) >= 11 is 0. The van der Waals surface area contributed by atoms with Gasteiger partial charge in [-0.2, -0.15) is 0 Å². The van der Waals surface area contributed by atoms with Crippen molar-refractivity contribution in [1.82, 2.24) is 15.2 Å². The number of hydrogen-bond donors (Lipinski definition) is 2. The van der Waals surface area contributed by atoms with Crippen LogP contribution < -0.4 is 10.1 Å². The molecule has 156 valence electrons. The second kappa shape index (κ2) is 8.69. The monoisotopic (exact) mass is 399 g/mol. The van der Waals surface area contributed by atoms with E-state index in [4.69, 9.17) is 9.47 Å². The molecule has 1 amide bonds. The summed E-state index contributed by atoms with van der Waals surface area (Å²) in [6.07, 6.45) is 3.89. The first-order valence-corrected chi connectivity index (χ1v) is 9.77. The van der Waals surface area contributed by atoms with E-state index in [-0.39, 0.29) is 17.8 Å². The summed E-state index contributed by atoms with van der Waals surface area (Å²) < 4.78 is 10.6. The summed E-state index contributed by atoms with van der Waals surface area (Å²) in [6, 6.07) is 9.06. The molecular formula is C22H29N3O4. The highest BCUT2D eigenvalue weighted by molar-refractivity contribution is 5.68. The van der Waals surface area contributed by atoms with Gasteiger partial charge in [0.15, 0.2) is 0 Å². The van der Waals surface area contributed by atoms with Crippen LogP contribution in [0.5, 0.6) is 11.5 Å². The molecule has 1 fully saturated rings. The van der Waals surface area contributed by atoms with Crippen molar-refractivity contribution in [3.8, 4) is 11.5 Å². The number of benzene rings is 1. The number of hydrogen-bond acceptors (Lipinski definition) is 6. The average molecular weight is 399 g/mol. The molecular weight excluding hydrogens is 370 g/mol. The summed E-state index contributed by atoms with van der Waals surface area (Å²) in [4.78, 5) is 18.5. The fraction of sp³-hybridized carbons (Fsp3) is 0.455. The number of aromatic hydroxyl groups is 1. The van der Waals surface area contributed by atoms with Crippen LogP contribution in [-0.4, -0.2) is 52.9 Å². The maximum absolute atomic E-state index is 12.1. The zero-order valence-electron chi connectivity index (χ0n) is 17.4. The lowest BCUT2D eigenvalue weighted by molar-refractivity contribution is 0.0505. The van der Waals surface area contributed by atoms with Crippen molar-refractivity contribution >= 4 is 6.09 Å². The van der Waals surface area contributed by atoms with E-state index in [0.29, 0.717) is 12.3 Å². The highest BCUT2D eigenvalue weighted by Crippen LogP contribution is 2.37. The van der Waals surface area contributed by atoms with Gasteiger partial charge < -0.3 is 19.9 Å². The summed E-state index contributed by atoms with van der Waals surface area (Å²) in [6.45, 7) is 6.97. The van der Waals surface area contributed by atoms with Crippen LogP contribution in [-0.2, 0) is 4.74 Å². The highest BCUT2D eigenvalue weighted by Gasteiger charge is 2.33. The zero-order valence-corrected chi connectivity index (χ0v) is 17.4. The molecule has 0 saturated carbocycles. The van der Waals surface area contributed by atoms with Crippen LogP contribution in [0.15, 0.2) is 42.7 Å². The molecule has 0 spiro atoms. The molecule has 1 aromatic carbocycles. The predicted molar refractivity (Wildman–Crippen MR) is 110 cm³/mol. The first-order valence-electron chi connectivity index (χ1n) is 9.77. The van der Waals surface area contributed by atoms with Crippen molar-refractivity contribution in [2.45, 2.75) is 44.9 Å². The van der Waals surface area contributed by atoms with Gasteiger partial charge in [0, 0.05) is 43.2 Å². The molecule has 3 rings (SSSR count). The topological polar surface area (TPSA) is 83.9 Å². The molecule has 1 aliphatic rings. The van der Waals surface area contributed by atoms with E-state index in [1.165, 1.54) is 0 Å². The minimum absolute atomic E-state index is 0.0189. The Hall–Kier alpha value is -2.80. The van der Waals surface area contributed by atoms with Gasteiger partial charge in [-0.3, -0.25) is 9.88 Å². The van der Waals surface area contributed by atoms with Gasteiger partial charge >= 0.3 is 6.09 Å². The van der Waals surface area contributed by atoms with Gasteiger partial charge in [0.1, 0.15) is 17.1 Å². The number of phenolic OH excluding ortho intramolecular Hbond substituents is 1. The van der Waals surface area contributed by atoms with Crippen LogP contribution in [0.2, 0.25) is 0 Å². The molecule has 29 heavy (non-hydrogen) atoms. The molecule has 2 aromatic rings. The molecule has 1 unspecified atom stereocenters. The number of likely N-dealkylation sites (tertiary alicyclic amines) is 1. The lowest BCUT2D eigenvalue weighted by Crippen LogP contribution is -2.41. The summed E-state index contributed by atoms with van der Waals surface area (Å²) in [7, 11) is 1.57. The zero-order chi connectivity index (χ0) is 21.0. The van der Waals surface area contributed by atoms with Crippen LogP contribution in [0.25, 0.3) is 0 Å². The Morgan fingerprint density at radius 3 is 2.62 bits per heavy atom. The number of pyridine rings is 1. The number of aromatic nitrogens is 1. The number of carbonyl (C=O) groups excluding carboxylic acids is 1. The van der Waals surface area contributed by atoms with E-state index in [1.54, 1.807) is 25.6 Å². The number of carbonyl (C=O) groups is 1. The second-order valence-corrected chi connectivity index (χ2v) is 8.23. The largest absolute Gasteiger partial charge is 0.507 e. The number of rotatable bonds is 5. The summed E-state index contributed by atoms with van der Waals surface area (Å²) in [5.41, 5.74) is 1.28. The normalized spacial score (nSPS) is 18.3. The van der Waals surface area contributed by atoms with Crippen LogP contribution in [0.4, 0.5) is 4.79 Å². The van der Waals surface area contributed by atoms with Crippen molar-refractivity contribution < 1.29 is 19.4 Å². The van der Waals surface area contributed by atoms with Crippen molar-refractivity contribution in [3.05, 3.63) is 53.9 Å². The minimum atomic E-state index is -0.531.